The van der Waals surface area contributed by atoms with Crippen molar-refractivity contribution in [2.75, 3.05) is 18.0 Å². The summed E-state index contributed by atoms with van der Waals surface area (Å²) in [7, 11) is 0. The zero-order valence-electron chi connectivity index (χ0n) is 14.8. The summed E-state index contributed by atoms with van der Waals surface area (Å²) in [6, 6.07) is 2.12. The van der Waals surface area contributed by atoms with Gasteiger partial charge in [-0.1, -0.05) is 12.8 Å². The van der Waals surface area contributed by atoms with Crippen LogP contribution in [0.5, 0.6) is 0 Å². The van der Waals surface area contributed by atoms with Crippen LogP contribution in [-0.2, 0) is 11.3 Å². The lowest BCUT2D eigenvalue weighted by atomic mass is 10.1. The Labute approximate surface area is 139 Å². The minimum Gasteiger partial charge on any atom is -0.444 e. The third kappa shape index (κ3) is 5.73. The van der Waals surface area contributed by atoms with Crippen LogP contribution in [0.4, 0.5) is 10.6 Å². The van der Waals surface area contributed by atoms with E-state index in [0.29, 0.717) is 6.54 Å². The Morgan fingerprint density at radius 1 is 1.26 bits per heavy atom. The predicted octanol–water partition coefficient (Wildman–Crippen LogP) is 3.80. The normalized spacial score (nSPS) is 15.9. The van der Waals surface area contributed by atoms with Crippen LogP contribution in [0.1, 0.15) is 57.6 Å². The van der Waals surface area contributed by atoms with Gasteiger partial charge in [0.1, 0.15) is 11.4 Å². The molecule has 1 aromatic heterocycles. The Hall–Kier alpha value is -1.78. The molecule has 5 heteroatoms. The minimum atomic E-state index is -0.478. The van der Waals surface area contributed by atoms with Crippen LogP contribution < -0.4 is 10.2 Å². The molecule has 1 aliphatic heterocycles. The van der Waals surface area contributed by atoms with Gasteiger partial charge in [0.15, 0.2) is 0 Å². The molecule has 1 fully saturated rings. The molecular weight excluding hydrogens is 290 g/mol. The monoisotopic (exact) mass is 319 g/mol. The van der Waals surface area contributed by atoms with Crippen molar-refractivity contribution in [3.8, 4) is 0 Å². The van der Waals surface area contributed by atoms with Crippen molar-refractivity contribution in [2.24, 2.45) is 0 Å². The van der Waals surface area contributed by atoms with Crippen molar-refractivity contribution in [1.82, 2.24) is 10.3 Å². The van der Waals surface area contributed by atoms with Crippen LogP contribution in [0.2, 0.25) is 0 Å². The summed E-state index contributed by atoms with van der Waals surface area (Å²) in [5, 5.41) is 2.79. The second-order valence-electron chi connectivity index (χ2n) is 7.23. The van der Waals surface area contributed by atoms with Gasteiger partial charge in [0.25, 0.3) is 0 Å². The molecule has 1 saturated heterocycles. The Kier molecular flexibility index (Phi) is 5.85. The fourth-order valence-electron chi connectivity index (χ4n) is 2.71. The first-order valence-electron chi connectivity index (χ1n) is 8.52. The topological polar surface area (TPSA) is 54.5 Å². The van der Waals surface area contributed by atoms with E-state index < -0.39 is 11.7 Å². The maximum absolute atomic E-state index is 11.7. The number of nitrogens with one attached hydrogen (secondary N) is 1. The number of aryl methyl sites for hydroxylation is 1. The molecule has 128 valence electrons. The summed E-state index contributed by atoms with van der Waals surface area (Å²) >= 11 is 0. The molecule has 1 N–H and O–H groups in total. The largest absolute Gasteiger partial charge is 0.444 e. The van der Waals surface area contributed by atoms with Crippen LogP contribution in [0.15, 0.2) is 12.3 Å². The Morgan fingerprint density at radius 2 is 1.91 bits per heavy atom. The van der Waals surface area contributed by atoms with Gasteiger partial charge in [-0.25, -0.2) is 9.78 Å². The molecule has 0 radical (unpaired) electrons. The van der Waals surface area contributed by atoms with E-state index in [2.05, 4.69) is 28.2 Å². The smallest absolute Gasteiger partial charge is 0.407 e. The van der Waals surface area contributed by atoms with Gasteiger partial charge in [-0.15, -0.1) is 0 Å². The first-order valence-corrected chi connectivity index (χ1v) is 8.52. The highest BCUT2D eigenvalue weighted by Gasteiger charge is 2.16. The molecule has 0 atom stereocenters. The van der Waals surface area contributed by atoms with Crippen molar-refractivity contribution in [1.29, 1.82) is 0 Å². The molecule has 2 rings (SSSR count). The number of alkyl carbamates (subject to hydrolysis) is 1. The van der Waals surface area contributed by atoms with E-state index in [1.54, 1.807) is 0 Å². The van der Waals surface area contributed by atoms with E-state index in [1.807, 2.05) is 27.0 Å². The highest BCUT2D eigenvalue weighted by Crippen LogP contribution is 2.20. The number of pyridine rings is 1. The number of amides is 1. The van der Waals surface area contributed by atoms with Crippen LogP contribution in [0, 0.1) is 6.92 Å². The van der Waals surface area contributed by atoms with Crippen molar-refractivity contribution >= 4 is 11.9 Å². The van der Waals surface area contributed by atoms with E-state index in [1.165, 1.54) is 25.7 Å². The van der Waals surface area contributed by atoms with Crippen LogP contribution in [0.3, 0.4) is 0 Å². The molecule has 1 amide bonds. The lowest BCUT2D eigenvalue weighted by Crippen LogP contribution is -2.32. The van der Waals surface area contributed by atoms with E-state index in [-0.39, 0.29) is 0 Å². The summed E-state index contributed by atoms with van der Waals surface area (Å²) in [4.78, 5) is 18.7. The number of hydrogen-bond acceptors (Lipinski definition) is 4. The molecular formula is C18H29N3O2. The number of carbonyl (C=O) groups is 1. The maximum Gasteiger partial charge on any atom is 0.407 e. The van der Waals surface area contributed by atoms with E-state index >= 15 is 0 Å². The number of anilines is 1. The lowest BCUT2D eigenvalue weighted by Gasteiger charge is -2.22. The fourth-order valence-corrected chi connectivity index (χ4v) is 2.71. The molecule has 0 aromatic carbocycles. The first-order chi connectivity index (χ1) is 10.8. The van der Waals surface area contributed by atoms with Gasteiger partial charge in [0.2, 0.25) is 0 Å². The number of ether oxygens (including phenoxy) is 1. The molecule has 0 aliphatic carbocycles. The van der Waals surface area contributed by atoms with Crippen molar-refractivity contribution in [3.63, 3.8) is 0 Å². The SMILES string of the molecule is Cc1cc(N2CCCCCC2)ncc1CNC(=O)OC(C)(C)C. The van der Waals surface area contributed by atoms with Gasteiger partial charge < -0.3 is 15.0 Å². The summed E-state index contributed by atoms with van der Waals surface area (Å²) in [5.41, 5.74) is 1.69. The molecule has 0 saturated carbocycles. The molecule has 0 spiro atoms. The molecule has 5 nitrogen and oxygen atoms in total. The Morgan fingerprint density at radius 3 is 2.48 bits per heavy atom. The zero-order valence-corrected chi connectivity index (χ0v) is 14.8. The van der Waals surface area contributed by atoms with E-state index in [0.717, 1.165) is 30.0 Å². The molecule has 0 bridgehead atoms. The quantitative estimate of drug-likeness (QED) is 0.921. The highest BCUT2D eigenvalue weighted by atomic mass is 16.6. The summed E-state index contributed by atoms with van der Waals surface area (Å²) in [6.45, 7) is 10.2. The van der Waals surface area contributed by atoms with E-state index in [9.17, 15) is 4.79 Å². The van der Waals surface area contributed by atoms with Crippen molar-refractivity contribution < 1.29 is 9.53 Å². The number of nitrogens with zero attached hydrogens (tertiary/aromatic N) is 2. The summed E-state index contributed by atoms with van der Waals surface area (Å²) in [6.07, 6.45) is 6.58. The average molecular weight is 319 g/mol. The third-order valence-corrected chi connectivity index (χ3v) is 3.96. The van der Waals surface area contributed by atoms with Crippen LogP contribution in [-0.4, -0.2) is 29.8 Å². The van der Waals surface area contributed by atoms with Crippen LogP contribution in [0.25, 0.3) is 0 Å². The second-order valence-corrected chi connectivity index (χ2v) is 7.23. The van der Waals surface area contributed by atoms with Gasteiger partial charge in [-0.2, -0.15) is 0 Å². The highest BCUT2D eigenvalue weighted by molar-refractivity contribution is 5.67. The molecule has 0 unspecified atom stereocenters. The maximum atomic E-state index is 11.7. The fraction of sp³-hybridized carbons (Fsp3) is 0.667. The number of hydrogen-bond donors (Lipinski definition) is 1. The average Bonchev–Trinajstić information content (AvgIpc) is 2.73. The second kappa shape index (κ2) is 7.66. The lowest BCUT2D eigenvalue weighted by molar-refractivity contribution is 0.0523. The van der Waals surface area contributed by atoms with Crippen molar-refractivity contribution in [2.45, 2.75) is 65.5 Å². The molecule has 23 heavy (non-hydrogen) atoms. The molecule has 1 aliphatic rings. The van der Waals surface area contributed by atoms with Gasteiger partial charge in [0.05, 0.1) is 0 Å². The van der Waals surface area contributed by atoms with E-state index in [4.69, 9.17) is 4.74 Å². The Balaban J connectivity index is 1.95. The number of rotatable bonds is 3. The van der Waals surface area contributed by atoms with Gasteiger partial charge in [-0.05, 0) is 57.7 Å². The standard InChI is InChI=1S/C18H29N3O2/c1-14-11-16(21-9-7-5-6-8-10-21)19-12-15(14)13-20-17(22)23-18(2,3)4/h11-12H,5-10,13H2,1-4H3,(H,20,22). The summed E-state index contributed by atoms with van der Waals surface area (Å²) in [5.74, 6) is 1.05. The number of carbonyl (C=O) groups excluding carboxylic acids is 1. The van der Waals surface area contributed by atoms with Gasteiger partial charge in [0, 0.05) is 25.8 Å². The Bertz CT molecular complexity index is 530. The zero-order chi connectivity index (χ0) is 16.9. The minimum absolute atomic E-state index is 0.395. The number of aromatic nitrogens is 1. The third-order valence-electron chi connectivity index (χ3n) is 3.96. The van der Waals surface area contributed by atoms with Gasteiger partial charge in [-0.3, -0.25) is 0 Å². The summed E-state index contributed by atoms with van der Waals surface area (Å²) < 4.78 is 5.25. The predicted molar refractivity (Wildman–Crippen MR) is 92.7 cm³/mol. The van der Waals surface area contributed by atoms with Crippen molar-refractivity contribution in [3.05, 3.63) is 23.4 Å². The van der Waals surface area contributed by atoms with Crippen LogP contribution >= 0.6 is 0 Å². The molecule has 1 aromatic rings. The first kappa shape index (κ1) is 17.6. The van der Waals surface area contributed by atoms with Gasteiger partial charge >= 0.3 is 6.09 Å². The molecule has 2 heterocycles.